The Morgan fingerprint density at radius 3 is 2.78 bits per heavy atom. The SMILES string of the molecule is Cc1cnn(-c2ccc(C(=O)Nc3cccc(OCCCC#N)c3)cc2)c1. The molecule has 136 valence electrons. The molecule has 6 heteroatoms. The van der Waals surface area contributed by atoms with Crippen molar-refractivity contribution in [2.45, 2.75) is 19.8 Å². The maximum absolute atomic E-state index is 12.5. The summed E-state index contributed by atoms with van der Waals surface area (Å²) in [7, 11) is 0. The maximum atomic E-state index is 12.5. The molecule has 0 saturated heterocycles. The second-order valence-electron chi connectivity index (χ2n) is 6.10. The number of benzene rings is 2. The standard InChI is InChI=1S/C21H20N4O2/c1-16-14-23-25(15-16)19-9-7-17(8-10-19)21(26)24-18-5-4-6-20(13-18)27-12-3-2-11-22/h4-10,13-15H,2-3,12H2,1H3,(H,24,26). The van der Waals surface area contributed by atoms with Crippen molar-refractivity contribution in [1.29, 1.82) is 5.26 Å². The number of hydrogen-bond donors (Lipinski definition) is 1. The van der Waals surface area contributed by atoms with E-state index in [-0.39, 0.29) is 5.91 Å². The van der Waals surface area contributed by atoms with Gasteiger partial charge in [0, 0.05) is 29.9 Å². The van der Waals surface area contributed by atoms with E-state index in [0.29, 0.717) is 36.4 Å². The average Bonchev–Trinajstić information content (AvgIpc) is 3.12. The summed E-state index contributed by atoms with van der Waals surface area (Å²) in [6.07, 6.45) is 4.85. The van der Waals surface area contributed by atoms with Crippen molar-refractivity contribution in [3.05, 3.63) is 72.1 Å². The molecular weight excluding hydrogens is 340 g/mol. The number of carbonyl (C=O) groups excluding carboxylic acids is 1. The molecule has 0 bridgehead atoms. The topological polar surface area (TPSA) is 79.9 Å². The number of aromatic nitrogens is 2. The van der Waals surface area contributed by atoms with Crippen LogP contribution in [0.15, 0.2) is 60.9 Å². The van der Waals surface area contributed by atoms with E-state index in [1.807, 2.05) is 37.4 Å². The maximum Gasteiger partial charge on any atom is 0.255 e. The van der Waals surface area contributed by atoms with Gasteiger partial charge in [0.25, 0.3) is 5.91 Å². The first kappa shape index (κ1) is 18.2. The number of rotatable bonds is 7. The van der Waals surface area contributed by atoms with Crippen LogP contribution in [-0.4, -0.2) is 22.3 Å². The number of unbranched alkanes of at least 4 members (excludes halogenated alkanes) is 1. The Morgan fingerprint density at radius 1 is 1.26 bits per heavy atom. The smallest absolute Gasteiger partial charge is 0.255 e. The van der Waals surface area contributed by atoms with E-state index in [2.05, 4.69) is 16.5 Å². The lowest BCUT2D eigenvalue weighted by Gasteiger charge is -2.09. The van der Waals surface area contributed by atoms with Crippen LogP contribution in [0.1, 0.15) is 28.8 Å². The molecule has 1 heterocycles. The van der Waals surface area contributed by atoms with Gasteiger partial charge in [-0.25, -0.2) is 4.68 Å². The van der Waals surface area contributed by atoms with Crippen molar-refractivity contribution in [3.8, 4) is 17.5 Å². The summed E-state index contributed by atoms with van der Waals surface area (Å²) in [5.41, 5.74) is 3.19. The molecule has 0 spiro atoms. The van der Waals surface area contributed by atoms with E-state index < -0.39 is 0 Å². The van der Waals surface area contributed by atoms with Gasteiger partial charge in [-0.3, -0.25) is 4.79 Å². The molecule has 0 aliphatic rings. The highest BCUT2D eigenvalue weighted by Gasteiger charge is 2.08. The number of hydrogen-bond acceptors (Lipinski definition) is 4. The van der Waals surface area contributed by atoms with E-state index in [4.69, 9.17) is 10.00 Å². The fourth-order valence-corrected chi connectivity index (χ4v) is 2.53. The van der Waals surface area contributed by atoms with Gasteiger partial charge in [0.15, 0.2) is 0 Å². The summed E-state index contributed by atoms with van der Waals surface area (Å²) in [6, 6.07) is 16.5. The number of nitriles is 1. The quantitative estimate of drug-likeness (QED) is 0.643. The van der Waals surface area contributed by atoms with E-state index in [0.717, 1.165) is 11.3 Å². The fourth-order valence-electron chi connectivity index (χ4n) is 2.53. The Labute approximate surface area is 158 Å². The van der Waals surface area contributed by atoms with Crippen molar-refractivity contribution in [2.75, 3.05) is 11.9 Å². The normalized spacial score (nSPS) is 10.2. The highest BCUT2D eigenvalue weighted by Crippen LogP contribution is 2.19. The van der Waals surface area contributed by atoms with Crippen LogP contribution in [0.3, 0.4) is 0 Å². The first-order valence-corrected chi connectivity index (χ1v) is 8.68. The third-order valence-electron chi connectivity index (χ3n) is 3.90. The number of ether oxygens (including phenoxy) is 1. The largest absolute Gasteiger partial charge is 0.493 e. The molecule has 0 unspecified atom stereocenters. The van der Waals surface area contributed by atoms with Crippen molar-refractivity contribution in [1.82, 2.24) is 9.78 Å². The molecule has 27 heavy (non-hydrogen) atoms. The second kappa shape index (κ2) is 8.68. The summed E-state index contributed by atoms with van der Waals surface area (Å²) in [5, 5.41) is 15.7. The number of nitrogens with one attached hydrogen (secondary N) is 1. The zero-order chi connectivity index (χ0) is 19.1. The van der Waals surface area contributed by atoms with Gasteiger partial charge in [-0.15, -0.1) is 0 Å². The Balaban J connectivity index is 1.62. The Kier molecular flexibility index (Phi) is 5.85. The fraction of sp³-hybridized carbons (Fsp3) is 0.190. The van der Waals surface area contributed by atoms with E-state index in [1.165, 1.54) is 0 Å². The number of carbonyl (C=O) groups is 1. The van der Waals surface area contributed by atoms with Crippen LogP contribution in [0, 0.1) is 18.3 Å². The minimum atomic E-state index is -0.195. The molecule has 3 aromatic rings. The van der Waals surface area contributed by atoms with Crippen LogP contribution in [-0.2, 0) is 0 Å². The van der Waals surface area contributed by atoms with Gasteiger partial charge >= 0.3 is 0 Å². The van der Waals surface area contributed by atoms with E-state index >= 15 is 0 Å². The molecule has 1 aromatic heterocycles. The molecular formula is C21H20N4O2. The van der Waals surface area contributed by atoms with Gasteiger partial charge in [0.1, 0.15) is 5.75 Å². The number of aryl methyl sites for hydroxylation is 1. The van der Waals surface area contributed by atoms with Crippen molar-refractivity contribution in [3.63, 3.8) is 0 Å². The van der Waals surface area contributed by atoms with E-state index in [1.54, 1.807) is 35.1 Å². The summed E-state index contributed by atoms with van der Waals surface area (Å²) in [4.78, 5) is 12.5. The van der Waals surface area contributed by atoms with Crippen LogP contribution in [0.2, 0.25) is 0 Å². The molecule has 2 aromatic carbocycles. The zero-order valence-electron chi connectivity index (χ0n) is 15.1. The summed E-state index contributed by atoms with van der Waals surface area (Å²) >= 11 is 0. The summed E-state index contributed by atoms with van der Waals surface area (Å²) < 4.78 is 7.36. The van der Waals surface area contributed by atoms with Crippen LogP contribution in [0.4, 0.5) is 5.69 Å². The zero-order valence-corrected chi connectivity index (χ0v) is 15.1. The van der Waals surface area contributed by atoms with Crippen LogP contribution >= 0.6 is 0 Å². The van der Waals surface area contributed by atoms with Crippen LogP contribution in [0.25, 0.3) is 5.69 Å². The van der Waals surface area contributed by atoms with Gasteiger partial charge in [-0.2, -0.15) is 10.4 Å². The molecule has 3 rings (SSSR count). The molecule has 0 atom stereocenters. The lowest BCUT2D eigenvalue weighted by Crippen LogP contribution is -2.12. The van der Waals surface area contributed by atoms with Gasteiger partial charge in [-0.1, -0.05) is 6.07 Å². The monoisotopic (exact) mass is 360 g/mol. The second-order valence-corrected chi connectivity index (χ2v) is 6.10. The molecule has 0 radical (unpaired) electrons. The Hall–Kier alpha value is -3.59. The Bertz CT molecular complexity index is 955. The minimum absolute atomic E-state index is 0.195. The highest BCUT2D eigenvalue weighted by molar-refractivity contribution is 6.04. The first-order valence-electron chi connectivity index (χ1n) is 8.68. The van der Waals surface area contributed by atoms with Crippen molar-refractivity contribution in [2.24, 2.45) is 0 Å². The predicted molar refractivity (Wildman–Crippen MR) is 103 cm³/mol. The third-order valence-corrected chi connectivity index (χ3v) is 3.90. The molecule has 0 aliphatic carbocycles. The Morgan fingerprint density at radius 2 is 2.07 bits per heavy atom. The predicted octanol–water partition coefficient (Wildman–Crippen LogP) is 4.12. The van der Waals surface area contributed by atoms with Gasteiger partial charge < -0.3 is 10.1 Å². The number of nitrogens with zero attached hydrogens (tertiary/aromatic N) is 3. The van der Waals surface area contributed by atoms with Gasteiger partial charge in [0.05, 0.1) is 24.6 Å². The number of amides is 1. The van der Waals surface area contributed by atoms with Crippen molar-refractivity contribution < 1.29 is 9.53 Å². The molecule has 1 amide bonds. The summed E-state index contributed by atoms with van der Waals surface area (Å²) in [5.74, 6) is 0.468. The lowest BCUT2D eigenvalue weighted by molar-refractivity contribution is 0.102. The molecule has 1 N–H and O–H groups in total. The van der Waals surface area contributed by atoms with Gasteiger partial charge in [0.2, 0.25) is 0 Å². The molecule has 0 saturated carbocycles. The molecule has 0 aliphatic heterocycles. The summed E-state index contributed by atoms with van der Waals surface area (Å²) in [6.45, 7) is 2.45. The molecule has 0 fully saturated rings. The average molecular weight is 360 g/mol. The van der Waals surface area contributed by atoms with E-state index in [9.17, 15) is 4.79 Å². The van der Waals surface area contributed by atoms with Gasteiger partial charge in [-0.05, 0) is 55.3 Å². The number of anilines is 1. The van der Waals surface area contributed by atoms with Crippen LogP contribution < -0.4 is 10.1 Å². The lowest BCUT2D eigenvalue weighted by atomic mass is 10.2. The highest BCUT2D eigenvalue weighted by atomic mass is 16.5. The first-order chi connectivity index (χ1) is 13.2. The minimum Gasteiger partial charge on any atom is -0.493 e. The molecule has 6 nitrogen and oxygen atoms in total. The van der Waals surface area contributed by atoms with Crippen molar-refractivity contribution >= 4 is 11.6 Å². The third kappa shape index (κ3) is 4.95. The van der Waals surface area contributed by atoms with Crippen LogP contribution in [0.5, 0.6) is 5.75 Å².